The number of benzene rings is 1. The third-order valence-electron chi connectivity index (χ3n) is 5.80. The van der Waals surface area contributed by atoms with E-state index in [-0.39, 0.29) is 11.9 Å². The molecule has 1 unspecified atom stereocenters. The van der Waals surface area contributed by atoms with Crippen molar-refractivity contribution in [1.29, 1.82) is 0 Å². The van der Waals surface area contributed by atoms with E-state index in [0.29, 0.717) is 41.7 Å². The molecule has 0 saturated carbocycles. The van der Waals surface area contributed by atoms with Gasteiger partial charge in [0.25, 0.3) is 11.8 Å². The fourth-order valence-corrected chi connectivity index (χ4v) is 4.23. The van der Waals surface area contributed by atoms with E-state index in [2.05, 4.69) is 15.8 Å². The number of pyridine rings is 1. The molecule has 1 aromatic carbocycles. The van der Waals surface area contributed by atoms with Crippen molar-refractivity contribution in [2.24, 2.45) is 0 Å². The molecule has 2 fully saturated rings. The number of carbonyl (C=O) groups is 2. The highest BCUT2D eigenvalue weighted by molar-refractivity contribution is 6.33. The minimum absolute atomic E-state index is 0.0323. The number of amides is 2. The molecule has 2 atom stereocenters. The number of hydrogen-bond acceptors (Lipinski definition) is 6. The number of aryl methyl sites for hydroxylation is 1. The Hall–Kier alpha value is -2.94. The molecule has 2 aromatic rings. The molecule has 0 aliphatic carbocycles. The molecule has 34 heavy (non-hydrogen) atoms. The molecule has 0 bridgehead atoms. The van der Waals surface area contributed by atoms with E-state index in [1.807, 2.05) is 36.1 Å². The number of likely N-dealkylation sites (tertiary alicyclic amines) is 1. The number of hydrogen-bond donors (Lipinski definition) is 2. The molecule has 180 valence electrons. The van der Waals surface area contributed by atoms with Crippen molar-refractivity contribution in [3.63, 3.8) is 0 Å². The van der Waals surface area contributed by atoms with Crippen molar-refractivity contribution in [3.05, 3.63) is 64.3 Å². The van der Waals surface area contributed by atoms with Gasteiger partial charge in [-0.15, -0.1) is 0 Å². The Morgan fingerprint density at radius 3 is 2.91 bits per heavy atom. The van der Waals surface area contributed by atoms with E-state index in [4.69, 9.17) is 21.2 Å². The van der Waals surface area contributed by atoms with Crippen LogP contribution < -0.4 is 10.8 Å². The Balaban J connectivity index is 1.27. The monoisotopic (exact) mass is 484 g/mol. The zero-order valence-electron chi connectivity index (χ0n) is 19.1. The molecule has 3 heterocycles. The van der Waals surface area contributed by atoms with Crippen molar-refractivity contribution >= 4 is 35.3 Å². The highest BCUT2D eigenvalue weighted by atomic mass is 35.5. The van der Waals surface area contributed by atoms with Crippen LogP contribution in [-0.4, -0.2) is 53.7 Å². The van der Waals surface area contributed by atoms with Crippen LogP contribution in [-0.2, 0) is 14.4 Å². The van der Waals surface area contributed by atoms with Crippen LogP contribution in [0.1, 0.15) is 47.2 Å². The zero-order valence-corrected chi connectivity index (χ0v) is 19.9. The van der Waals surface area contributed by atoms with Gasteiger partial charge in [0.1, 0.15) is 5.82 Å². The van der Waals surface area contributed by atoms with E-state index in [1.54, 1.807) is 18.3 Å². The average molecular weight is 485 g/mol. The van der Waals surface area contributed by atoms with Crippen LogP contribution >= 0.6 is 11.6 Å². The maximum Gasteiger partial charge on any atom is 0.267 e. The predicted octanol–water partition coefficient (Wildman–Crippen LogP) is 3.96. The van der Waals surface area contributed by atoms with Crippen LogP contribution in [0.15, 0.2) is 42.6 Å². The molecule has 8 nitrogen and oxygen atoms in total. The summed E-state index contributed by atoms with van der Waals surface area (Å²) in [6, 6.07) is 9.42. The number of nitrogens with zero attached hydrogens (tertiary/aromatic N) is 2. The number of rotatable bonds is 7. The second-order valence-corrected chi connectivity index (χ2v) is 8.97. The van der Waals surface area contributed by atoms with E-state index < -0.39 is 12.2 Å². The van der Waals surface area contributed by atoms with Crippen molar-refractivity contribution in [1.82, 2.24) is 15.4 Å². The van der Waals surface area contributed by atoms with Crippen LogP contribution in [0.25, 0.3) is 6.08 Å². The van der Waals surface area contributed by atoms with Crippen LogP contribution in [0, 0.1) is 6.92 Å². The van der Waals surface area contributed by atoms with Gasteiger partial charge in [-0.2, -0.15) is 0 Å². The molecule has 2 amide bonds. The lowest BCUT2D eigenvalue weighted by Gasteiger charge is -2.21. The molecule has 2 aliphatic rings. The van der Waals surface area contributed by atoms with Gasteiger partial charge in [-0.1, -0.05) is 29.3 Å². The Morgan fingerprint density at radius 2 is 2.15 bits per heavy atom. The van der Waals surface area contributed by atoms with Crippen molar-refractivity contribution in [2.45, 2.75) is 44.9 Å². The lowest BCUT2D eigenvalue weighted by molar-refractivity contribution is -0.198. The van der Waals surface area contributed by atoms with Gasteiger partial charge in [0.05, 0.1) is 5.02 Å². The van der Waals surface area contributed by atoms with E-state index in [9.17, 15) is 9.59 Å². The molecular formula is C25H29ClN4O4. The van der Waals surface area contributed by atoms with Crippen molar-refractivity contribution < 1.29 is 19.2 Å². The first-order chi connectivity index (χ1) is 16.5. The highest BCUT2D eigenvalue weighted by Crippen LogP contribution is 2.24. The Kier molecular flexibility index (Phi) is 8.16. The van der Waals surface area contributed by atoms with Crippen LogP contribution in [0.5, 0.6) is 0 Å². The summed E-state index contributed by atoms with van der Waals surface area (Å²) in [4.78, 5) is 36.2. The Bertz CT molecular complexity index is 1050. The molecule has 2 N–H and O–H groups in total. The largest absolute Gasteiger partial charge is 0.364 e. The zero-order chi connectivity index (χ0) is 23.9. The summed E-state index contributed by atoms with van der Waals surface area (Å²) in [5, 5.41) is 3.77. The topological polar surface area (TPSA) is 92.8 Å². The Labute approximate surface area is 204 Å². The minimum atomic E-state index is -0.397. The van der Waals surface area contributed by atoms with E-state index in [0.717, 1.165) is 31.2 Å². The van der Waals surface area contributed by atoms with Crippen molar-refractivity contribution in [2.75, 3.05) is 25.0 Å². The smallest absolute Gasteiger partial charge is 0.267 e. The summed E-state index contributed by atoms with van der Waals surface area (Å²) < 4.78 is 5.40. The third kappa shape index (κ3) is 6.56. The van der Waals surface area contributed by atoms with Gasteiger partial charge in [-0.05, 0) is 56.0 Å². The molecule has 9 heteroatoms. The molecule has 4 rings (SSSR count). The maximum absolute atomic E-state index is 12.8. The first kappa shape index (κ1) is 24.2. The van der Waals surface area contributed by atoms with Crippen molar-refractivity contribution in [3.8, 4) is 0 Å². The summed E-state index contributed by atoms with van der Waals surface area (Å²) in [6.45, 7) is 3.87. The van der Waals surface area contributed by atoms with Gasteiger partial charge in [0, 0.05) is 50.0 Å². The number of anilines is 1. The quantitative estimate of drug-likeness (QED) is 0.456. The first-order valence-corrected chi connectivity index (χ1v) is 11.9. The second-order valence-electron chi connectivity index (χ2n) is 8.56. The fourth-order valence-electron chi connectivity index (χ4n) is 4.00. The molecule has 1 aromatic heterocycles. The number of carbonyl (C=O) groups excluding carboxylic acids is 2. The normalized spacial score (nSPS) is 20.5. The molecular weight excluding hydrogens is 456 g/mol. The average Bonchev–Trinajstić information content (AvgIpc) is 3.31. The lowest BCUT2D eigenvalue weighted by Crippen LogP contribution is -2.32. The molecule has 2 saturated heterocycles. The van der Waals surface area contributed by atoms with Gasteiger partial charge in [0.2, 0.25) is 0 Å². The van der Waals surface area contributed by atoms with Crippen LogP contribution in [0.3, 0.4) is 0 Å². The van der Waals surface area contributed by atoms with Gasteiger partial charge in [-0.3, -0.25) is 9.59 Å². The van der Waals surface area contributed by atoms with E-state index in [1.165, 1.54) is 6.08 Å². The minimum Gasteiger partial charge on any atom is -0.364 e. The second kappa shape index (κ2) is 11.5. The number of aromatic nitrogens is 1. The van der Waals surface area contributed by atoms with Gasteiger partial charge < -0.3 is 15.0 Å². The van der Waals surface area contributed by atoms with Crippen LogP contribution in [0.2, 0.25) is 5.02 Å². The third-order valence-corrected chi connectivity index (χ3v) is 6.09. The summed E-state index contributed by atoms with van der Waals surface area (Å²) in [7, 11) is 0. The molecule has 0 radical (unpaired) electrons. The van der Waals surface area contributed by atoms with Gasteiger partial charge >= 0.3 is 0 Å². The van der Waals surface area contributed by atoms with Gasteiger partial charge in [0.15, 0.2) is 6.29 Å². The summed E-state index contributed by atoms with van der Waals surface area (Å²) in [6.07, 6.45) is 7.80. The fraction of sp³-hybridized carbons (Fsp3) is 0.400. The number of ether oxygens (including phenoxy) is 1. The van der Waals surface area contributed by atoms with E-state index >= 15 is 0 Å². The lowest BCUT2D eigenvalue weighted by atomic mass is 10.1. The standard InChI is InChI=1S/C25H29ClN4O4/c1-17-5-4-6-19(13-17)25(32)30-11-10-20(16-30)28-24-21(26)14-18(15-27-24)8-9-22(31)29-34-23-7-2-3-12-33-23/h4-6,8-9,13-15,20,23H,2-3,7,10-12,16H2,1H3,(H,27,28)(H,29,31)/t20-,23?/m1/s1. The molecule has 0 spiro atoms. The number of nitrogens with one attached hydrogen (secondary N) is 2. The summed E-state index contributed by atoms with van der Waals surface area (Å²) in [5.74, 6) is 0.192. The molecule has 2 aliphatic heterocycles. The maximum atomic E-state index is 12.8. The predicted molar refractivity (Wildman–Crippen MR) is 130 cm³/mol. The number of hydroxylamine groups is 1. The summed E-state index contributed by atoms with van der Waals surface area (Å²) in [5.41, 5.74) is 4.82. The highest BCUT2D eigenvalue weighted by Gasteiger charge is 2.27. The van der Waals surface area contributed by atoms with Gasteiger partial charge in [-0.25, -0.2) is 15.3 Å². The SMILES string of the molecule is Cc1cccc(C(=O)N2CC[C@@H](Nc3ncc(C=CC(=O)NOC4CCCCO4)cc3Cl)C2)c1. The summed E-state index contributed by atoms with van der Waals surface area (Å²) >= 11 is 6.42. The first-order valence-electron chi connectivity index (χ1n) is 11.5. The van der Waals surface area contributed by atoms with Crippen LogP contribution in [0.4, 0.5) is 5.82 Å². The Morgan fingerprint density at radius 1 is 1.26 bits per heavy atom. The number of halogens is 1.